The van der Waals surface area contributed by atoms with Gasteiger partial charge in [0.15, 0.2) is 0 Å². The SMILES string of the molecule is Cc1cccc(NC(=O)NCC(CO)CC(=O)O)c1. The number of carboxylic acids is 1. The van der Waals surface area contributed by atoms with Crippen molar-refractivity contribution in [3.63, 3.8) is 0 Å². The zero-order valence-corrected chi connectivity index (χ0v) is 10.7. The van der Waals surface area contributed by atoms with Crippen molar-refractivity contribution in [2.75, 3.05) is 18.5 Å². The minimum absolute atomic E-state index is 0.112. The third-order valence-electron chi connectivity index (χ3n) is 2.55. The van der Waals surface area contributed by atoms with Crippen molar-refractivity contribution >= 4 is 17.7 Å². The van der Waals surface area contributed by atoms with Gasteiger partial charge in [0.05, 0.1) is 6.42 Å². The molecule has 6 heteroatoms. The lowest BCUT2D eigenvalue weighted by Gasteiger charge is -2.13. The molecule has 1 unspecified atom stereocenters. The summed E-state index contributed by atoms with van der Waals surface area (Å²) < 4.78 is 0. The van der Waals surface area contributed by atoms with Crippen LogP contribution in [0.25, 0.3) is 0 Å². The van der Waals surface area contributed by atoms with Crippen LogP contribution < -0.4 is 10.6 Å². The topological polar surface area (TPSA) is 98.7 Å². The molecule has 0 saturated carbocycles. The van der Waals surface area contributed by atoms with E-state index in [9.17, 15) is 9.59 Å². The van der Waals surface area contributed by atoms with E-state index in [2.05, 4.69) is 10.6 Å². The molecule has 1 rings (SSSR count). The maximum Gasteiger partial charge on any atom is 0.319 e. The second kappa shape index (κ2) is 7.38. The third-order valence-corrected chi connectivity index (χ3v) is 2.55. The number of urea groups is 1. The maximum atomic E-state index is 11.6. The molecule has 1 aromatic carbocycles. The van der Waals surface area contributed by atoms with Crippen molar-refractivity contribution < 1.29 is 19.8 Å². The van der Waals surface area contributed by atoms with E-state index < -0.39 is 17.9 Å². The van der Waals surface area contributed by atoms with Gasteiger partial charge in [0.25, 0.3) is 0 Å². The van der Waals surface area contributed by atoms with E-state index >= 15 is 0 Å². The summed E-state index contributed by atoms with van der Waals surface area (Å²) in [6.07, 6.45) is -0.179. The number of hydrogen-bond donors (Lipinski definition) is 4. The smallest absolute Gasteiger partial charge is 0.319 e. The molecule has 0 saturated heterocycles. The van der Waals surface area contributed by atoms with Crippen LogP contribution in [0, 0.1) is 12.8 Å². The molecule has 0 radical (unpaired) electrons. The molecule has 1 atom stereocenters. The second-order valence-electron chi connectivity index (χ2n) is 4.35. The standard InChI is InChI=1S/C13H18N2O4/c1-9-3-2-4-11(5-9)15-13(19)14-7-10(8-16)6-12(17)18/h2-5,10,16H,6-8H2,1H3,(H,17,18)(H2,14,15,19). The number of anilines is 1. The Balaban J connectivity index is 2.40. The number of carbonyl (C=O) groups excluding carboxylic acids is 1. The van der Waals surface area contributed by atoms with Gasteiger partial charge in [-0.05, 0) is 24.6 Å². The van der Waals surface area contributed by atoms with Crippen LogP contribution in [-0.2, 0) is 4.79 Å². The Hall–Kier alpha value is -2.08. The van der Waals surface area contributed by atoms with E-state index in [4.69, 9.17) is 10.2 Å². The van der Waals surface area contributed by atoms with Gasteiger partial charge in [0.2, 0.25) is 0 Å². The summed E-state index contributed by atoms with van der Waals surface area (Å²) in [5.74, 6) is -1.49. The van der Waals surface area contributed by atoms with E-state index in [0.717, 1.165) is 5.56 Å². The van der Waals surface area contributed by atoms with Gasteiger partial charge in [-0.15, -0.1) is 0 Å². The quantitative estimate of drug-likeness (QED) is 0.621. The molecule has 0 aromatic heterocycles. The molecule has 6 nitrogen and oxygen atoms in total. The fraction of sp³-hybridized carbons (Fsp3) is 0.385. The van der Waals surface area contributed by atoms with Crippen LogP contribution in [0.15, 0.2) is 24.3 Å². The summed E-state index contributed by atoms with van der Waals surface area (Å²) >= 11 is 0. The first-order valence-electron chi connectivity index (χ1n) is 5.95. The minimum Gasteiger partial charge on any atom is -0.481 e. The predicted octanol–water partition coefficient (Wildman–Crippen LogP) is 1.20. The van der Waals surface area contributed by atoms with Gasteiger partial charge in [0, 0.05) is 24.8 Å². The number of carbonyl (C=O) groups is 2. The first-order chi connectivity index (χ1) is 9.01. The van der Waals surface area contributed by atoms with Gasteiger partial charge in [-0.1, -0.05) is 12.1 Å². The highest BCUT2D eigenvalue weighted by Gasteiger charge is 2.13. The van der Waals surface area contributed by atoms with Crippen LogP contribution in [0.2, 0.25) is 0 Å². The van der Waals surface area contributed by atoms with Crippen molar-refractivity contribution in [2.24, 2.45) is 5.92 Å². The molecule has 0 aliphatic heterocycles. The van der Waals surface area contributed by atoms with Gasteiger partial charge >= 0.3 is 12.0 Å². The van der Waals surface area contributed by atoms with Crippen LogP contribution >= 0.6 is 0 Å². The third kappa shape index (κ3) is 5.87. The fourth-order valence-corrected chi connectivity index (χ4v) is 1.58. The van der Waals surface area contributed by atoms with E-state index in [1.54, 1.807) is 6.07 Å². The van der Waals surface area contributed by atoms with E-state index in [-0.39, 0.29) is 19.6 Å². The Kier molecular flexibility index (Phi) is 5.81. The van der Waals surface area contributed by atoms with Crippen molar-refractivity contribution in [2.45, 2.75) is 13.3 Å². The number of nitrogens with one attached hydrogen (secondary N) is 2. The number of aryl methyl sites for hydroxylation is 1. The van der Waals surface area contributed by atoms with Crippen LogP contribution in [0.1, 0.15) is 12.0 Å². The zero-order valence-electron chi connectivity index (χ0n) is 10.7. The molecule has 0 fully saturated rings. The molecule has 1 aromatic rings. The number of aliphatic carboxylic acids is 1. The lowest BCUT2D eigenvalue weighted by Crippen LogP contribution is -2.35. The Morgan fingerprint density at radius 1 is 1.37 bits per heavy atom. The van der Waals surface area contributed by atoms with Crippen LogP contribution in [-0.4, -0.2) is 35.4 Å². The predicted molar refractivity (Wildman–Crippen MR) is 71.0 cm³/mol. The fourth-order valence-electron chi connectivity index (χ4n) is 1.58. The number of benzene rings is 1. The van der Waals surface area contributed by atoms with Crippen LogP contribution in [0.5, 0.6) is 0 Å². The van der Waals surface area contributed by atoms with Gasteiger partial charge in [-0.3, -0.25) is 4.79 Å². The number of hydrogen-bond acceptors (Lipinski definition) is 3. The molecule has 0 spiro atoms. The van der Waals surface area contributed by atoms with Gasteiger partial charge in [-0.2, -0.15) is 0 Å². The van der Waals surface area contributed by atoms with Crippen molar-refractivity contribution in [1.82, 2.24) is 5.32 Å². The first kappa shape index (κ1) is 15.0. The number of amides is 2. The normalized spacial score (nSPS) is 11.7. The lowest BCUT2D eigenvalue weighted by atomic mass is 10.1. The van der Waals surface area contributed by atoms with Crippen molar-refractivity contribution in [3.05, 3.63) is 29.8 Å². The summed E-state index contributed by atoms with van der Waals surface area (Å²) in [7, 11) is 0. The van der Waals surface area contributed by atoms with E-state index in [1.807, 2.05) is 25.1 Å². The summed E-state index contributed by atoms with van der Waals surface area (Å²) in [6, 6.07) is 6.89. The van der Waals surface area contributed by atoms with E-state index in [0.29, 0.717) is 5.69 Å². The number of aliphatic hydroxyl groups excluding tert-OH is 1. The summed E-state index contributed by atoms with van der Waals surface area (Å²) in [4.78, 5) is 22.1. The molecular weight excluding hydrogens is 248 g/mol. The molecule has 0 heterocycles. The minimum atomic E-state index is -1.00. The molecule has 4 N–H and O–H groups in total. The monoisotopic (exact) mass is 266 g/mol. The molecule has 0 aliphatic carbocycles. The Morgan fingerprint density at radius 3 is 2.68 bits per heavy atom. The van der Waals surface area contributed by atoms with Crippen molar-refractivity contribution in [1.29, 1.82) is 0 Å². The lowest BCUT2D eigenvalue weighted by molar-refractivity contribution is -0.138. The summed E-state index contributed by atoms with van der Waals surface area (Å²) in [5.41, 5.74) is 1.69. The van der Waals surface area contributed by atoms with Gasteiger partial charge in [0.1, 0.15) is 0 Å². The highest BCUT2D eigenvalue weighted by molar-refractivity contribution is 5.89. The molecule has 104 valence electrons. The summed E-state index contributed by atoms with van der Waals surface area (Å²) in [6.45, 7) is 1.75. The molecule has 0 bridgehead atoms. The average molecular weight is 266 g/mol. The first-order valence-corrected chi connectivity index (χ1v) is 5.95. The Morgan fingerprint density at radius 2 is 2.11 bits per heavy atom. The highest BCUT2D eigenvalue weighted by Crippen LogP contribution is 2.09. The van der Waals surface area contributed by atoms with E-state index in [1.165, 1.54) is 0 Å². The summed E-state index contributed by atoms with van der Waals surface area (Å²) in [5, 5.41) is 22.8. The van der Waals surface area contributed by atoms with Gasteiger partial charge < -0.3 is 20.8 Å². The van der Waals surface area contributed by atoms with Gasteiger partial charge in [-0.25, -0.2) is 4.79 Å². The molecular formula is C13H18N2O4. The average Bonchev–Trinajstić information content (AvgIpc) is 2.34. The number of rotatable bonds is 6. The number of carboxylic acid groups (broad SMARTS) is 1. The van der Waals surface area contributed by atoms with Crippen LogP contribution in [0.3, 0.4) is 0 Å². The molecule has 0 aliphatic rings. The maximum absolute atomic E-state index is 11.6. The molecule has 19 heavy (non-hydrogen) atoms. The Labute approximate surface area is 111 Å². The molecule has 2 amide bonds. The van der Waals surface area contributed by atoms with Crippen molar-refractivity contribution in [3.8, 4) is 0 Å². The second-order valence-corrected chi connectivity index (χ2v) is 4.35. The number of aliphatic hydroxyl groups is 1. The largest absolute Gasteiger partial charge is 0.481 e. The zero-order chi connectivity index (χ0) is 14.3. The van der Waals surface area contributed by atoms with Crippen LogP contribution in [0.4, 0.5) is 10.5 Å². The highest BCUT2D eigenvalue weighted by atomic mass is 16.4. The Bertz CT molecular complexity index is 448.